The summed E-state index contributed by atoms with van der Waals surface area (Å²) in [5.41, 5.74) is 1.50. The van der Waals surface area contributed by atoms with E-state index in [2.05, 4.69) is 4.99 Å². The van der Waals surface area contributed by atoms with E-state index in [-0.39, 0.29) is 5.91 Å². The number of para-hydroxylation sites is 1. The van der Waals surface area contributed by atoms with Crippen LogP contribution in [0.5, 0.6) is 0 Å². The van der Waals surface area contributed by atoms with E-state index >= 15 is 0 Å². The van der Waals surface area contributed by atoms with Crippen LogP contribution < -0.4 is 10.6 Å². The molecule has 1 aliphatic heterocycles. The Morgan fingerprint density at radius 3 is 2.41 bits per heavy atom. The summed E-state index contributed by atoms with van der Waals surface area (Å²) >= 11 is 5.84. The second-order valence-corrected chi connectivity index (χ2v) is 4.25. The molecule has 0 spiro atoms. The number of carbonyl (C=O) groups excluding carboxylic acids is 1. The molecule has 0 unspecified atom stereocenters. The molecule has 0 N–H and O–H groups in total. The van der Waals surface area contributed by atoms with E-state index < -0.39 is 0 Å². The number of carbonyl (C=O) groups is 1. The molecule has 17 heavy (non-hydrogen) atoms. The zero-order chi connectivity index (χ0) is 11.8. The van der Waals surface area contributed by atoms with Gasteiger partial charge in [0.15, 0.2) is 0 Å². The van der Waals surface area contributed by atoms with E-state index in [1.807, 2.05) is 36.4 Å². The number of hydrogen-bond donors (Lipinski definition) is 0. The van der Waals surface area contributed by atoms with E-state index in [0.717, 1.165) is 16.1 Å². The first-order chi connectivity index (χ1) is 8.25. The summed E-state index contributed by atoms with van der Waals surface area (Å²) in [6.45, 7) is 0. The molecule has 0 bridgehead atoms. The van der Waals surface area contributed by atoms with Crippen molar-refractivity contribution in [3.63, 3.8) is 0 Å². The van der Waals surface area contributed by atoms with Gasteiger partial charge in [-0.25, -0.2) is 4.99 Å². The largest absolute Gasteiger partial charge is 0.278 e. The molecule has 3 rings (SSSR count). The summed E-state index contributed by atoms with van der Waals surface area (Å²) < 4.78 is 0. The smallest absolute Gasteiger partial charge is 0.267 e. The summed E-state index contributed by atoms with van der Waals surface area (Å²) in [7, 11) is 0. The minimum absolute atomic E-state index is 0.187. The lowest BCUT2D eigenvalue weighted by atomic mass is 10.0. The first-order valence-electron chi connectivity index (χ1n) is 5.24. The van der Waals surface area contributed by atoms with Crippen LogP contribution in [-0.2, 0) is 4.79 Å². The number of benzene rings is 2. The Balaban J connectivity index is 2.32. The molecule has 0 radical (unpaired) electrons. The number of fused-ring (bicyclic) bond motifs is 1. The van der Waals surface area contributed by atoms with Gasteiger partial charge >= 0.3 is 0 Å². The van der Waals surface area contributed by atoms with Crippen LogP contribution in [0.4, 0.5) is 0 Å². The number of halogens is 1. The van der Waals surface area contributed by atoms with Gasteiger partial charge < -0.3 is 0 Å². The van der Waals surface area contributed by atoms with Crippen LogP contribution in [-0.4, -0.2) is 5.91 Å². The first-order valence-corrected chi connectivity index (χ1v) is 5.62. The van der Waals surface area contributed by atoms with Crippen molar-refractivity contribution in [2.75, 3.05) is 0 Å². The minimum atomic E-state index is -0.187. The van der Waals surface area contributed by atoms with Gasteiger partial charge in [-0.05, 0) is 23.8 Å². The van der Waals surface area contributed by atoms with Gasteiger partial charge in [-0.1, -0.05) is 41.9 Å². The summed E-state index contributed by atoms with van der Waals surface area (Å²) in [6.07, 6.45) is 0. The fourth-order valence-corrected chi connectivity index (χ4v) is 2.08. The van der Waals surface area contributed by atoms with Gasteiger partial charge in [0.1, 0.15) is 0 Å². The zero-order valence-electron chi connectivity index (χ0n) is 8.85. The van der Waals surface area contributed by atoms with Gasteiger partial charge in [-0.2, -0.15) is 0 Å². The second kappa shape index (κ2) is 3.82. The molecular weight excluding hydrogens is 234 g/mol. The molecule has 2 aromatic rings. The molecule has 0 saturated heterocycles. The lowest BCUT2D eigenvalue weighted by molar-refractivity contribution is -0.112. The van der Waals surface area contributed by atoms with Gasteiger partial charge in [0, 0.05) is 10.2 Å². The summed E-state index contributed by atoms with van der Waals surface area (Å²) in [5.74, 6) is -0.187. The van der Waals surface area contributed by atoms with Crippen LogP contribution in [0, 0.1) is 0 Å². The predicted molar refractivity (Wildman–Crippen MR) is 66.2 cm³/mol. The molecular formula is C14H8ClNO. The van der Waals surface area contributed by atoms with E-state index in [1.54, 1.807) is 12.1 Å². The first kappa shape index (κ1) is 10.2. The third-order valence-corrected chi connectivity index (χ3v) is 2.99. The molecule has 0 aromatic heterocycles. The predicted octanol–water partition coefficient (Wildman–Crippen LogP) is 1.70. The molecule has 1 aliphatic rings. The van der Waals surface area contributed by atoms with Crippen LogP contribution in [0.15, 0.2) is 53.5 Å². The van der Waals surface area contributed by atoms with E-state index in [1.165, 1.54) is 0 Å². The fraction of sp³-hybridized carbons (Fsp3) is 0. The lowest BCUT2D eigenvalue weighted by Crippen LogP contribution is -2.22. The quantitative estimate of drug-likeness (QED) is 0.747. The molecule has 3 heteroatoms. The average molecular weight is 242 g/mol. The zero-order valence-corrected chi connectivity index (χ0v) is 9.61. The Labute approximate surface area is 103 Å². The Hall–Kier alpha value is -1.93. The van der Waals surface area contributed by atoms with E-state index in [0.29, 0.717) is 10.6 Å². The maximum atomic E-state index is 11.9. The summed E-state index contributed by atoms with van der Waals surface area (Å²) in [6, 6.07) is 14.8. The minimum Gasteiger partial charge on any atom is -0.267 e. The van der Waals surface area contributed by atoms with Gasteiger partial charge in [0.25, 0.3) is 5.91 Å². The van der Waals surface area contributed by atoms with Crippen LogP contribution in [0.3, 0.4) is 0 Å². The third-order valence-electron chi connectivity index (χ3n) is 2.74. The highest BCUT2D eigenvalue weighted by Crippen LogP contribution is 2.17. The van der Waals surface area contributed by atoms with Crippen LogP contribution in [0.25, 0.3) is 5.57 Å². The highest BCUT2D eigenvalue weighted by Gasteiger charge is 2.17. The van der Waals surface area contributed by atoms with Crippen molar-refractivity contribution < 1.29 is 4.79 Å². The van der Waals surface area contributed by atoms with Crippen molar-refractivity contribution in [1.29, 1.82) is 0 Å². The monoisotopic (exact) mass is 241 g/mol. The van der Waals surface area contributed by atoms with Crippen molar-refractivity contribution in [3.05, 3.63) is 69.7 Å². The molecule has 1 heterocycles. The standard InChI is InChI=1S/C14H8ClNO/c15-10-7-5-9(6-8-10)13-11-3-1-2-4-12(11)16-14(13)17/h1-8H. The van der Waals surface area contributed by atoms with Crippen LogP contribution >= 0.6 is 11.6 Å². The Morgan fingerprint density at radius 1 is 0.941 bits per heavy atom. The summed E-state index contributed by atoms with van der Waals surface area (Å²) in [4.78, 5) is 15.9. The normalized spacial score (nSPS) is 13.5. The average Bonchev–Trinajstić information content (AvgIpc) is 2.66. The molecule has 0 atom stereocenters. The van der Waals surface area contributed by atoms with Gasteiger partial charge in [-0.15, -0.1) is 0 Å². The van der Waals surface area contributed by atoms with E-state index in [4.69, 9.17) is 11.6 Å². The van der Waals surface area contributed by atoms with Crippen molar-refractivity contribution >= 4 is 23.1 Å². The Kier molecular flexibility index (Phi) is 2.30. The van der Waals surface area contributed by atoms with Crippen LogP contribution in [0.2, 0.25) is 5.02 Å². The molecule has 1 amide bonds. The molecule has 0 aliphatic carbocycles. The molecule has 82 valence electrons. The number of rotatable bonds is 1. The van der Waals surface area contributed by atoms with Gasteiger partial charge in [-0.3, -0.25) is 4.79 Å². The van der Waals surface area contributed by atoms with E-state index in [9.17, 15) is 4.79 Å². The maximum Gasteiger partial charge on any atom is 0.278 e. The number of nitrogens with zero attached hydrogens (tertiary/aromatic N) is 1. The van der Waals surface area contributed by atoms with Crippen molar-refractivity contribution in [1.82, 2.24) is 0 Å². The van der Waals surface area contributed by atoms with Crippen molar-refractivity contribution in [3.8, 4) is 0 Å². The Bertz CT molecular complexity index is 717. The number of amides is 1. The maximum absolute atomic E-state index is 11.9. The highest BCUT2D eigenvalue weighted by atomic mass is 35.5. The van der Waals surface area contributed by atoms with Crippen molar-refractivity contribution in [2.45, 2.75) is 0 Å². The van der Waals surface area contributed by atoms with Crippen molar-refractivity contribution in [2.24, 2.45) is 4.99 Å². The number of hydrogen-bond acceptors (Lipinski definition) is 1. The van der Waals surface area contributed by atoms with Gasteiger partial charge in [0.05, 0.1) is 10.9 Å². The molecule has 0 saturated carbocycles. The Morgan fingerprint density at radius 2 is 1.65 bits per heavy atom. The fourth-order valence-electron chi connectivity index (χ4n) is 1.96. The lowest BCUT2D eigenvalue weighted by Gasteiger charge is -2.00. The molecule has 0 fully saturated rings. The molecule has 2 nitrogen and oxygen atoms in total. The van der Waals surface area contributed by atoms with Gasteiger partial charge in [0.2, 0.25) is 0 Å². The summed E-state index contributed by atoms with van der Waals surface area (Å²) in [5, 5.41) is 2.28. The van der Waals surface area contributed by atoms with Crippen LogP contribution in [0.1, 0.15) is 5.56 Å². The molecule has 2 aromatic carbocycles. The third kappa shape index (κ3) is 1.67. The highest BCUT2D eigenvalue weighted by molar-refractivity contribution is 6.30. The SMILES string of the molecule is O=C1N=c2ccccc2=C1c1ccc(Cl)cc1. The second-order valence-electron chi connectivity index (χ2n) is 3.82. The topological polar surface area (TPSA) is 29.4 Å².